The minimum atomic E-state index is -0.480. The highest BCUT2D eigenvalue weighted by Gasteiger charge is 2.69. The van der Waals surface area contributed by atoms with Gasteiger partial charge < -0.3 is 5.32 Å². The number of amides is 1. The van der Waals surface area contributed by atoms with Gasteiger partial charge in [-0.15, -0.1) is 0 Å². The summed E-state index contributed by atoms with van der Waals surface area (Å²) in [6, 6.07) is 2.16. The zero-order valence-electron chi connectivity index (χ0n) is 23.8. The van der Waals surface area contributed by atoms with Crippen molar-refractivity contribution >= 4 is 17.5 Å². The Morgan fingerprint density at radius 2 is 1.73 bits per heavy atom. The van der Waals surface area contributed by atoms with Gasteiger partial charge in [-0.3, -0.25) is 14.4 Å². The maximum Gasteiger partial charge on any atom is 0.220 e. The van der Waals surface area contributed by atoms with Gasteiger partial charge >= 0.3 is 0 Å². The molecule has 3 fully saturated rings. The van der Waals surface area contributed by atoms with E-state index in [1.807, 2.05) is 26.0 Å². The fourth-order valence-electron chi connectivity index (χ4n) is 9.84. The molecule has 5 nitrogen and oxygen atoms in total. The van der Waals surface area contributed by atoms with Gasteiger partial charge in [0.1, 0.15) is 6.07 Å². The second-order valence-corrected chi connectivity index (χ2v) is 14.5. The van der Waals surface area contributed by atoms with Crippen LogP contribution in [-0.4, -0.2) is 23.0 Å². The predicted octanol–water partition coefficient (Wildman–Crippen LogP) is 6.09. The number of carbonyl (C=O) groups is 3. The van der Waals surface area contributed by atoms with E-state index < -0.39 is 5.41 Å². The molecule has 1 amide bonds. The number of hydrogen-bond donors (Lipinski definition) is 1. The monoisotopic (exact) mass is 504 g/mol. The van der Waals surface area contributed by atoms with Gasteiger partial charge in [0.05, 0.1) is 5.57 Å². The molecule has 0 aromatic carbocycles. The van der Waals surface area contributed by atoms with Crippen LogP contribution in [-0.2, 0) is 14.4 Å². The molecule has 0 radical (unpaired) electrons. The predicted molar refractivity (Wildman–Crippen MR) is 143 cm³/mol. The Morgan fingerprint density at radius 1 is 1.05 bits per heavy atom. The Bertz CT molecular complexity index is 1170. The first-order valence-corrected chi connectivity index (χ1v) is 14.4. The topological polar surface area (TPSA) is 87.0 Å². The van der Waals surface area contributed by atoms with Crippen molar-refractivity contribution in [1.29, 1.82) is 5.26 Å². The molecule has 37 heavy (non-hydrogen) atoms. The van der Waals surface area contributed by atoms with E-state index in [0.717, 1.165) is 50.5 Å². The van der Waals surface area contributed by atoms with E-state index in [9.17, 15) is 19.6 Å². The Morgan fingerprint density at radius 3 is 2.38 bits per heavy atom. The molecular weight excluding hydrogens is 460 g/mol. The quantitative estimate of drug-likeness (QED) is 0.493. The number of hydrogen-bond acceptors (Lipinski definition) is 4. The minimum absolute atomic E-state index is 0.0565. The largest absolute Gasteiger partial charge is 0.350 e. The van der Waals surface area contributed by atoms with Gasteiger partial charge in [0.2, 0.25) is 5.91 Å². The minimum Gasteiger partial charge on any atom is -0.350 e. The van der Waals surface area contributed by atoms with E-state index in [2.05, 4.69) is 46.0 Å². The Balaban J connectivity index is 1.66. The van der Waals surface area contributed by atoms with Crippen molar-refractivity contribution in [2.24, 2.45) is 45.3 Å². The number of rotatable bonds is 2. The number of nitrogens with zero attached hydrogens (tertiary/aromatic N) is 1. The molecule has 200 valence electrons. The number of allylic oxidation sites excluding steroid dienone is 4. The van der Waals surface area contributed by atoms with Crippen molar-refractivity contribution in [3.63, 3.8) is 0 Å². The lowest BCUT2D eigenvalue weighted by Gasteiger charge is -2.68. The van der Waals surface area contributed by atoms with Gasteiger partial charge in [0.25, 0.3) is 0 Å². The van der Waals surface area contributed by atoms with Crippen LogP contribution in [0, 0.1) is 56.7 Å². The summed E-state index contributed by atoms with van der Waals surface area (Å²) in [5.41, 5.74) is 0.253. The third kappa shape index (κ3) is 3.43. The van der Waals surface area contributed by atoms with Crippen molar-refractivity contribution in [1.82, 2.24) is 5.32 Å². The summed E-state index contributed by atoms with van der Waals surface area (Å²) in [5, 5.41) is 13.2. The second kappa shape index (κ2) is 8.14. The maximum atomic E-state index is 14.4. The summed E-state index contributed by atoms with van der Waals surface area (Å²) in [7, 11) is 0. The summed E-state index contributed by atoms with van der Waals surface area (Å²) in [5.74, 6) is 0.0543. The van der Waals surface area contributed by atoms with Crippen LogP contribution in [0.3, 0.4) is 0 Å². The Hall–Kier alpha value is -2.22. The number of fused-ring (bicyclic) bond motifs is 7. The lowest BCUT2D eigenvalue weighted by Crippen LogP contribution is -2.69. The van der Waals surface area contributed by atoms with Crippen LogP contribution in [0.2, 0.25) is 0 Å². The molecule has 0 aromatic heterocycles. The van der Waals surface area contributed by atoms with Crippen molar-refractivity contribution in [3.05, 3.63) is 23.3 Å². The third-order valence-electron chi connectivity index (χ3n) is 12.2. The highest BCUT2D eigenvalue weighted by atomic mass is 16.2. The van der Waals surface area contributed by atoms with Crippen LogP contribution >= 0.6 is 0 Å². The van der Waals surface area contributed by atoms with Crippen LogP contribution in [0.4, 0.5) is 0 Å². The van der Waals surface area contributed by atoms with E-state index in [4.69, 9.17) is 0 Å². The zero-order valence-corrected chi connectivity index (χ0v) is 23.8. The van der Waals surface area contributed by atoms with Crippen LogP contribution < -0.4 is 5.32 Å². The number of Topliss-reactive ketones (excluding diaryl/α,β-unsaturated/α-hetero) is 1. The van der Waals surface area contributed by atoms with E-state index >= 15 is 0 Å². The molecule has 0 aromatic rings. The van der Waals surface area contributed by atoms with Crippen molar-refractivity contribution in [3.8, 4) is 6.07 Å². The number of carbonyl (C=O) groups excluding carboxylic acids is 3. The summed E-state index contributed by atoms with van der Waals surface area (Å²) in [6.07, 6.45) is 10.9. The van der Waals surface area contributed by atoms with Gasteiger partial charge in [0, 0.05) is 29.2 Å². The van der Waals surface area contributed by atoms with Crippen molar-refractivity contribution < 1.29 is 14.4 Å². The van der Waals surface area contributed by atoms with Crippen LogP contribution in [0.15, 0.2) is 23.3 Å². The van der Waals surface area contributed by atoms with Gasteiger partial charge in [-0.25, -0.2) is 0 Å². The molecule has 0 bridgehead atoms. The van der Waals surface area contributed by atoms with E-state index in [1.165, 1.54) is 0 Å². The molecule has 0 unspecified atom stereocenters. The summed E-state index contributed by atoms with van der Waals surface area (Å²) < 4.78 is 0. The number of ketones is 2. The van der Waals surface area contributed by atoms with Gasteiger partial charge in [0.15, 0.2) is 11.6 Å². The molecule has 0 saturated heterocycles. The van der Waals surface area contributed by atoms with Crippen LogP contribution in [0.1, 0.15) is 99.8 Å². The normalized spacial score (nSPS) is 46.2. The molecule has 5 heteroatoms. The first-order chi connectivity index (χ1) is 17.2. The first kappa shape index (κ1) is 26.4. The molecular formula is C32H44N2O3. The molecule has 0 heterocycles. The summed E-state index contributed by atoms with van der Waals surface area (Å²) in [6.45, 7) is 15.3. The average molecular weight is 505 g/mol. The highest BCUT2D eigenvalue weighted by Crippen LogP contribution is 2.72. The first-order valence-electron chi connectivity index (χ1n) is 14.4. The fourth-order valence-corrected chi connectivity index (χ4v) is 9.84. The smallest absolute Gasteiger partial charge is 0.220 e. The molecule has 5 rings (SSSR count). The SMILES string of the molecule is CCC(=O)N[C@]12CCC(C)(C)C[C@H]1[C@H]1C(=O)C=C3[C@@]4(C)C=C(C#N)C(=O)[C@@H](C)[C@@H]4CC[C@@]3(C)[C@]1(C)CC2. The van der Waals surface area contributed by atoms with Gasteiger partial charge in [-0.1, -0.05) is 60.1 Å². The molecule has 8 atom stereocenters. The standard InChI is InChI=1S/C32H44N2O3/c1-8-25(36)34-32-13-11-28(3,4)17-22(32)26-23(35)15-24-29(5)16-20(18-33)27(37)19(2)21(29)9-10-30(24,6)31(26,7)12-14-32/h15-16,19,21-22,26H,8-14,17H2,1-7H3,(H,34,36)/t19-,21-,22-,26-,29-,30+,31+,32-/m0/s1. The van der Waals surface area contributed by atoms with Gasteiger partial charge in [-0.05, 0) is 79.1 Å². The molecule has 0 aliphatic heterocycles. The van der Waals surface area contributed by atoms with E-state index in [1.54, 1.807) is 0 Å². The lowest BCUT2D eigenvalue weighted by molar-refractivity contribution is -0.162. The highest BCUT2D eigenvalue weighted by molar-refractivity contribution is 6.02. The summed E-state index contributed by atoms with van der Waals surface area (Å²) >= 11 is 0. The molecule has 5 aliphatic rings. The fraction of sp³-hybridized carbons (Fsp3) is 0.750. The Labute approximate surface area is 222 Å². The zero-order chi connectivity index (χ0) is 27.2. The number of nitrogens with one attached hydrogen (secondary N) is 1. The number of nitriles is 1. The molecule has 3 saturated carbocycles. The Kier molecular flexibility index (Phi) is 5.81. The third-order valence-corrected chi connectivity index (χ3v) is 12.2. The van der Waals surface area contributed by atoms with Crippen molar-refractivity contribution in [2.45, 2.75) is 105 Å². The molecule has 0 spiro atoms. The van der Waals surface area contributed by atoms with E-state index in [-0.39, 0.29) is 68.5 Å². The van der Waals surface area contributed by atoms with Gasteiger partial charge in [-0.2, -0.15) is 5.26 Å². The molecule has 5 aliphatic carbocycles. The van der Waals surface area contributed by atoms with Crippen LogP contribution in [0.25, 0.3) is 0 Å². The molecule has 1 N–H and O–H groups in total. The average Bonchev–Trinajstić information content (AvgIpc) is 2.83. The maximum absolute atomic E-state index is 14.4. The lowest BCUT2D eigenvalue weighted by atomic mass is 9.36. The second-order valence-electron chi connectivity index (χ2n) is 14.5. The van der Waals surface area contributed by atoms with Crippen molar-refractivity contribution in [2.75, 3.05) is 0 Å². The van der Waals surface area contributed by atoms with E-state index in [0.29, 0.717) is 6.42 Å². The summed E-state index contributed by atoms with van der Waals surface area (Å²) in [4.78, 5) is 40.0. The van der Waals surface area contributed by atoms with Crippen LogP contribution in [0.5, 0.6) is 0 Å².